The molecule has 4 unspecified atom stereocenters. The Kier molecular flexibility index (Phi) is 6.41. The third-order valence-corrected chi connectivity index (χ3v) is 7.33. The van der Waals surface area contributed by atoms with Gasteiger partial charge in [-0.05, 0) is 62.5 Å². The van der Waals surface area contributed by atoms with Crippen LogP contribution in [0.4, 0.5) is 0 Å². The van der Waals surface area contributed by atoms with Crippen molar-refractivity contribution in [2.24, 2.45) is 11.8 Å². The van der Waals surface area contributed by atoms with Crippen LogP contribution in [0, 0.1) is 11.8 Å². The van der Waals surface area contributed by atoms with Crippen molar-refractivity contribution >= 4 is 21.6 Å². The highest BCUT2D eigenvalue weighted by Crippen LogP contribution is 2.36. The topological polar surface area (TPSA) is 52.6 Å². The maximum absolute atomic E-state index is 12.5. The van der Waals surface area contributed by atoms with Crippen molar-refractivity contribution < 1.29 is 8.42 Å². The molecule has 7 heteroatoms. The number of sulfonamides is 1. The Hall–Kier alpha value is -0.920. The first-order valence-corrected chi connectivity index (χ1v) is 11.0. The molecule has 3 aliphatic heterocycles. The number of likely N-dealkylation sites (N-methyl/N-ethyl adjacent to an activating group) is 1. The summed E-state index contributed by atoms with van der Waals surface area (Å²) < 4.78 is 27.8. The van der Waals surface area contributed by atoms with Crippen molar-refractivity contribution in [1.82, 2.24) is 14.5 Å². The number of fused-ring (bicyclic) bond motifs is 3. The van der Waals surface area contributed by atoms with E-state index in [0.717, 1.165) is 32.6 Å². The molecular formula is C19H28ClN3O2S. The van der Waals surface area contributed by atoms with Crippen LogP contribution in [-0.2, 0) is 10.0 Å². The standard InChI is InChI=1S/C19H28ClN3O2S/c1-3-9-22(2)13-16-14-23-10-8-15(16)11-18(23)12-21-26(24,25)19-6-4-17(20)5-7-19/h3-7,15-16,18,21H,1,8-14H2,2H3. The van der Waals surface area contributed by atoms with Gasteiger partial charge in [-0.2, -0.15) is 0 Å². The fourth-order valence-corrected chi connectivity index (χ4v) is 5.47. The number of hydrogen-bond donors (Lipinski definition) is 1. The third kappa shape index (κ3) is 4.67. The molecule has 1 aromatic carbocycles. The fourth-order valence-electron chi connectivity index (χ4n) is 4.27. The van der Waals surface area contributed by atoms with Crippen LogP contribution in [0.5, 0.6) is 0 Å². The zero-order valence-electron chi connectivity index (χ0n) is 15.3. The fraction of sp³-hybridized carbons (Fsp3) is 0.579. The smallest absolute Gasteiger partial charge is 0.240 e. The zero-order chi connectivity index (χ0) is 18.7. The van der Waals surface area contributed by atoms with Crippen LogP contribution in [0.1, 0.15) is 12.8 Å². The van der Waals surface area contributed by atoms with Gasteiger partial charge in [-0.3, -0.25) is 4.90 Å². The quantitative estimate of drug-likeness (QED) is 0.684. The molecule has 3 saturated heterocycles. The summed E-state index contributed by atoms with van der Waals surface area (Å²) >= 11 is 5.84. The Balaban J connectivity index is 1.56. The number of rotatable bonds is 8. The first-order chi connectivity index (χ1) is 12.4. The van der Waals surface area contributed by atoms with E-state index < -0.39 is 10.0 Å². The Morgan fingerprint density at radius 1 is 1.38 bits per heavy atom. The number of halogens is 1. The molecule has 26 heavy (non-hydrogen) atoms. The summed E-state index contributed by atoms with van der Waals surface area (Å²) in [6, 6.07) is 6.59. The zero-order valence-corrected chi connectivity index (χ0v) is 16.8. The van der Waals surface area contributed by atoms with Crippen molar-refractivity contribution in [2.75, 3.05) is 39.8 Å². The minimum atomic E-state index is -3.49. The lowest BCUT2D eigenvalue weighted by atomic mass is 9.75. The minimum Gasteiger partial charge on any atom is -0.302 e. The van der Waals surface area contributed by atoms with Crippen LogP contribution in [-0.4, -0.2) is 64.0 Å². The van der Waals surface area contributed by atoms with E-state index in [-0.39, 0.29) is 10.9 Å². The summed E-state index contributed by atoms with van der Waals surface area (Å²) in [5, 5.41) is 0.534. The van der Waals surface area contributed by atoms with Crippen molar-refractivity contribution in [3.63, 3.8) is 0 Å². The molecule has 144 valence electrons. The highest BCUT2D eigenvalue weighted by molar-refractivity contribution is 7.89. The summed E-state index contributed by atoms with van der Waals surface area (Å²) in [5.41, 5.74) is 0. The van der Waals surface area contributed by atoms with Gasteiger partial charge in [0.25, 0.3) is 0 Å². The minimum absolute atomic E-state index is 0.266. The number of piperidine rings is 3. The van der Waals surface area contributed by atoms with Crippen LogP contribution in [0.25, 0.3) is 0 Å². The van der Waals surface area contributed by atoms with E-state index in [4.69, 9.17) is 11.6 Å². The molecule has 4 atom stereocenters. The van der Waals surface area contributed by atoms with E-state index in [2.05, 4.69) is 28.1 Å². The summed E-state index contributed by atoms with van der Waals surface area (Å²) in [6.45, 7) is 8.39. The Morgan fingerprint density at radius 3 is 2.73 bits per heavy atom. The largest absolute Gasteiger partial charge is 0.302 e. The molecular weight excluding hydrogens is 370 g/mol. The highest BCUT2D eigenvalue weighted by atomic mass is 35.5. The molecule has 3 fully saturated rings. The van der Waals surface area contributed by atoms with E-state index in [1.54, 1.807) is 24.3 Å². The molecule has 1 N–H and O–H groups in total. The molecule has 0 amide bonds. The lowest BCUT2D eigenvalue weighted by molar-refractivity contribution is -0.00640. The van der Waals surface area contributed by atoms with Crippen LogP contribution >= 0.6 is 11.6 Å². The molecule has 0 aromatic heterocycles. The van der Waals surface area contributed by atoms with Crippen LogP contribution in [0.3, 0.4) is 0 Å². The van der Waals surface area contributed by atoms with Crippen molar-refractivity contribution in [3.8, 4) is 0 Å². The number of nitrogens with one attached hydrogen (secondary N) is 1. The molecule has 3 heterocycles. The van der Waals surface area contributed by atoms with Gasteiger partial charge in [-0.1, -0.05) is 17.7 Å². The SMILES string of the molecule is C=CCN(C)CC1CN2CCC1CC2CNS(=O)(=O)c1ccc(Cl)cc1. The average molecular weight is 398 g/mol. The maximum atomic E-state index is 12.5. The second kappa shape index (κ2) is 8.40. The van der Waals surface area contributed by atoms with Crippen molar-refractivity contribution in [3.05, 3.63) is 41.9 Å². The second-order valence-corrected chi connectivity index (χ2v) is 9.71. The van der Waals surface area contributed by atoms with Crippen molar-refractivity contribution in [1.29, 1.82) is 0 Å². The summed E-state index contributed by atoms with van der Waals surface area (Å²) in [7, 11) is -1.35. The molecule has 0 radical (unpaired) electrons. The monoisotopic (exact) mass is 397 g/mol. The Morgan fingerprint density at radius 2 is 2.12 bits per heavy atom. The summed E-state index contributed by atoms with van der Waals surface area (Å²) in [6.07, 6.45) is 4.22. The lowest BCUT2D eigenvalue weighted by Gasteiger charge is -2.50. The molecule has 0 spiro atoms. The van der Waals surface area contributed by atoms with Gasteiger partial charge in [-0.15, -0.1) is 6.58 Å². The van der Waals surface area contributed by atoms with Gasteiger partial charge in [-0.25, -0.2) is 13.1 Å². The molecule has 0 aliphatic carbocycles. The summed E-state index contributed by atoms with van der Waals surface area (Å²) in [4.78, 5) is 5.04. The third-order valence-electron chi connectivity index (χ3n) is 5.63. The van der Waals surface area contributed by atoms with E-state index in [9.17, 15) is 8.42 Å². The predicted molar refractivity (Wildman–Crippen MR) is 106 cm³/mol. The van der Waals surface area contributed by atoms with E-state index >= 15 is 0 Å². The molecule has 5 nitrogen and oxygen atoms in total. The normalized spacial score (nSPS) is 28.4. The van der Waals surface area contributed by atoms with E-state index in [1.807, 2.05) is 6.08 Å². The van der Waals surface area contributed by atoms with Gasteiger partial charge >= 0.3 is 0 Å². The second-order valence-electron chi connectivity index (χ2n) is 7.51. The van der Waals surface area contributed by atoms with Gasteiger partial charge in [0.2, 0.25) is 10.0 Å². The first kappa shape index (κ1) is 19.8. The molecule has 3 aliphatic rings. The van der Waals surface area contributed by atoms with Crippen molar-refractivity contribution in [2.45, 2.75) is 23.8 Å². The maximum Gasteiger partial charge on any atom is 0.240 e. The highest BCUT2D eigenvalue weighted by Gasteiger charge is 2.40. The van der Waals surface area contributed by atoms with Crippen LogP contribution < -0.4 is 4.72 Å². The molecule has 1 aromatic rings. The number of benzene rings is 1. The van der Waals surface area contributed by atoms with Gasteiger partial charge in [0.15, 0.2) is 0 Å². The predicted octanol–water partition coefficient (Wildman–Crippen LogP) is 2.45. The van der Waals surface area contributed by atoms with Gasteiger partial charge in [0.1, 0.15) is 0 Å². The van der Waals surface area contributed by atoms with Crippen LogP contribution in [0.2, 0.25) is 5.02 Å². The summed E-state index contributed by atoms with van der Waals surface area (Å²) in [5.74, 6) is 1.34. The lowest BCUT2D eigenvalue weighted by Crippen LogP contribution is -2.58. The van der Waals surface area contributed by atoms with E-state index in [0.29, 0.717) is 23.4 Å². The first-order valence-electron chi connectivity index (χ1n) is 9.18. The van der Waals surface area contributed by atoms with Gasteiger partial charge in [0.05, 0.1) is 4.90 Å². The van der Waals surface area contributed by atoms with Gasteiger partial charge < -0.3 is 4.90 Å². The number of hydrogen-bond acceptors (Lipinski definition) is 4. The molecule has 4 rings (SSSR count). The van der Waals surface area contributed by atoms with Crippen LogP contribution in [0.15, 0.2) is 41.8 Å². The van der Waals surface area contributed by atoms with Gasteiger partial charge in [0, 0.05) is 37.2 Å². The Bertz CT molecular complexity index is 723. The molecule has 2 bridgehead atoms. The molecule has 0 saturated carbocycles. The number of nitrogens with zero attached hydrogens (tertiary/aromatic N) is 2. The van der Waals surface area contributed by atoms with E-state index in [1.165, 1.54) is 6.42 Å². The Labute approximate surface area is 162 Å². The average Bonchev–Trinajstić information content (AvgIpc) is 2.61.